The molecule has 3 rings (SSSR count). The molecule has 0 heterocycles. The SMILES string of the molecule is COc1cc(C(C)=O)ccc1OCC(=O)Nc1ccccc1Oc1ccc(C)cc1. The fraction of sp³-hybridized carbons (Fsp3) is 0.167. The molecule has 6 nitrogen and oxygen atoms in total. The van der Waals surface area contributed by atoms with Gasteiger partial charge in [-0.15, -0.1) is 0 Å². The quantitative estimate of drug-likeness (QED) is 0.533. The van der Waals surface area contributed by atoms with Crippen molar-refractivity contribution in [3.8, 4) is 23.0 Å². The normalized spacial score (nSPS) is 10.2. The first-order valence-corrected chi connectivity index (χ1v) is 9.41. The minimum Gasteiger partial charge on any atom is -0.493 e. The number of nitrogens with one attached hydrogen (secondary N) is 1. The first-order valence-electron chi connectivity index (χ1n) is 9.41. The summed E-state index contributed by atoms with van der Waals surface area (Å²) in [6.45, 7) is 3.24. The summed E-state index contributed by atoms with van der Waals surface area (Å²) in [4.78, 5) is 23.9. The van der Waals surface area contributed by atoms with Gasteiger partial charge in [-0.2, -0.15) is 0 Å². The van der Waals surface area contributed by atoms with Crippen molar-refractivity contribution in [2.24, 2.45) is 0 Å². The number of aryl methyl sites for hydroxylation is 1. The van der Waals surface area contributed by atoms with Crippen molar-refractivity contribution in [2.45, 2.75) is 13.8 Å². The number of benzene rings is 3. The molecular formula is C24H23NO5. The maximum absolute atomic E-state index is 12.4. The lowest BCUT2D eigenvalue weighted by Gasteiger charge is -2.14. The molecule has 6 heteroatoms. The molecule has 0 fully saturated rings. The summed E-state index contributed by atoms with van der Waals surface area (Å²) >= 11 is 0. The van der Waals surface area contributed by atoms with Crippen molar-refractivity contribution in [3.63, 3.8) is 0 Å². The molecule has 0 aromatic heterocycles. The Morgan fingerprint density at radius 3 is 2.33 bits per heavy atom. The van der Waals surface area contributed by atoms with Crippen molar-refractivity contribution < 1.29 is 23.8 Å². The molecule has 0 spiro atoms. The third kappa shape index (κ3) is 5.38. The Balaban J connectivity index is 1.66. The van der Waals surface area contributed by atoms with E-state index in [-0.39, 0.29) is 18.3 Å². The van der Waals surface area contributed by atoms with Gasteiger partial charge in [0.1, 0.15) is 5.75 Å². The third-order valence-corrected chi connectivity index (χ3v) is 4.34. The van der Waals surface area contributed by atoms with Gasteiger partial charge in [0, 0.05) is 5.56 Å². The van der Waals surface area contributed by atoms with Crippen LogP contribution >= 0.6 is 0 Å². The summed E-state index contributed by atoms with van der Waals surface area (Å²) in [6.07, 6.45) is 0. The summed E-state index contributed by atoms with van der Waals surface area (Å²) in [7, 11) is 1.48. The van der Waals surface area contributed by atoms with Crippen LogP contribution in [0.5, 0.6) is 23.0 Å². The van der Waals surface area contributed by atoms with Crippen LogP contribution in [0.1, 0.15) is 22.8 Å². The Kier molecular flexibility index (Phi) is 6.70. The molecule has 0 unspecified atom stereocenters. The summed E-state index contributed by atoms with van der Waals surface area (Å²) in [5.41, 5.74) is 2.17. The van der Waals surface area contributed by atoms with E-state index in [0.29, 0.717) is 34.2 Å². The summed E-state index contributed by atoms with van der Waals surface area (Å²) in [6, 6.07) is 19.6. The molecule has 0 bridgehead atoms. The maximum atomic E-state index is 12.4. The molecule has 1 N–H and O–H groups in total. The van der Waals surface area contributed by atoms with Crippen molar-refractivity contribution in [2.75, 3.05) is 19.0 Å². The fourth-order valence-electron chi connectivity index (χ4n) is 2.73. The molecule has 0 aliphatic heterocycles. The molecule has 3 aromatic carbocycles. The average Bonchev–Trinajstić information content (AvgIpc) is 2.75. The monoisotopic (exact) mass is 405 g/mol. The van der Waals surface area contributed by atoms with E-state index in [0.717, 1.165) is 5.56 Å². The summed E-state index contributed by atoms with van der Waals surface area (Å²) in [5.74, 6) is 1.53. The highest BCUT2D eigenvalue weighted by Gasteiger charge is 2.12. The highest BCUT2D eigenvalue weighted by atomic mass is 16.5. The van der Waals surface area contributed by atoms with Crippen molar-refractivity contribution >= 4 is 17.4 Å². The fourth-order valence-corrected chi connectivity index (χ4v) is 2.73. The van der Waals surface area contributed by atoms with Crippen LogP contribution in [0.2, 0.25) is 0 Å². The number of hydrogen-bond acceptors (Lipinski definition) is 5. The standard InChI is InChI=1S/C24H23NO5/c1-16-8-11-19(12-9-16)30-21-7-5-4-6-20(21)25-24(27)15-29-22-13-10-18(17(2)26)14-23(22)28-3/h4-14H,15H2,1-3H3,(H,25,27). The van der Waals surface area contributed by atoms with Gasteiger partial charge in [0.05, 0.1) is 12.8 Å². The number of Topliss-reactive ketones (excluding diaryl/α,β-unsaturated/α-hetero) is 1. The van der Waals surface area contributed by atoms with E-state index in [1.54, 1.807) is 30.3 Å². The maximum Gasteiger partial charge on any atom is 0.262 e. The number of carbonyl (C=O) groups is 2. The minimum atomic E-state index is -0.354. The van der Waals surface area contributed by atoms with Crippen LogP contribution in [-0.4, -0.2) is 25.4 Å². The van der Waals surface area contributed by atoms with Gasteiger partial charge >= 0.3 is 0 Å². The topological polar surface area (TPSA) is 73.9 Å². The summed E-state index contributed by atoms with van der Waals surface area (Å²) < 4.78 is 16.7. The Hall–Kier alpha value is -3.80. The number of rotatable bonds is 8. The van der Waals surface area contributed by atoms with Gasteiger partial charge in [0.15, 0.2) is 29.6 Å². The van der Waals surface area contributed by atoms with Gasteiger partial charge in [-0.3, -0.25) is 9.59 Å². The lowest BCUT2D eigenvalue weighted by atomic mass is 10.1. The van der Waals surface area contributed by atoms with E-state index in [1.165, 1.54) is 14.0 Å². The van der Waals surface area contributed by atoms with E-state index < -0.39 is 0 Å². The number of anilines is 1. The Labute approximate surface area is 175 Å². The molecule has 0 saturated heterocycles. The van der Waals surface area contributed by atoms with Crippen LogP contribution in [-0.2, 0) is 4.79 Å². The second-order valence-corrected chi connectivity index (χ2v) is 6.67. The number of carbonyl (C=O) groups excluding carboxylic acids is 2. The number of para-hydroxylation sites is 2. The van der Waals surface area contributed by atoms with Crippen molar-refractivity contribution in [3.05, 3.63) is 77.9 Å². The smallest absolute Gasteiger partial charge is 0.262 e. The molecule has 3 aromatic rings. The molecule has 0 saturated carbocycles. The summed E-state index contributed by atoms with van der Waals surface area (Å²) in [5, 5.41) is 2.80. The van der Waals surface area contributed by atoms with Crippen LogP contribution in [0.3, 0.4) is 0 Å². The van der Waals surface area contributed by atoms with E-state index in [4.69, 9.17) is 14.2 Å². The van der Waals surface area contributed by atoms with Gasteiger partial charge in [0.25, 0.3) is 5.91 Å². The average molecular weight is 405 g/mol. The van der Waals surface area contributed by atoms with Crippen LogP contribution in [0.25, 0.3) is 0 Å². The van der Waals surface area contributed by atoms with Crippen molar-refractivity contribution in [1.82, 2.24) is 0 Å². The minimum absolute atomic E-state index is 0.0808. The number of amides is 1. The predicted molar refractivity (Wildman–Crippen MR) is 115 cm³/mol. The first kappa shape index (κ1) is 20.9. The number of ether oxygens (including phenoxy) is 3. The molecule has 1 amide bonds. The van der Waals surface area contributed by atoms with Gasteiger partial charge in [-0.05, 0) is 56.3 Å². The second kappa shape index (κ2) is 9.60. The van der Waals surface area contributed by atoms with E-state index in [2.05, 4.69) is 5.32 Å². The molecule has 0 aliphatic carbocycles. The zero-order valence-corrected chi connectivity index (χ0v) is 17.1. The van der Waals surface area contributed by atoms with Crippen LogP contribution < -0.4 is 19.5 Å². The largest absolute Gasteiger partial charge is 0.493 e. The van der Waals surface area contributed by atoms with E-state index >= 15 is 0 Å². The Morgan fingerprint density at radius 2 is 1.63 bits per heavy atom. The highest BCUT2D eigenvalue weighted by Crippen LogP contribution is 2.30. The second-order valence-electron chi connectivity index (χ2n) is 6.67. The molecule has 0 radical (unpaired) electrons. The third-order valence-electron chi connectivity index (χ3n) is 4.34. The number of hydrogen-bond donors (Lipinski definition) is 1. The molecule has 30 heavy (non-hydrogen) atoms. The Bertz CT molecular complexity index is 1040. The number of methoxy groups -OCH3 is 1. The van der Waals surface area contributed by atoms with E-state index in [9.17, 15) is 9.59 Å². The zero-order valence-electron chi connectivity index (χ0n) is 17.1. The van der Waals surface area contributed by atoms with Gasteiger partial charge in [-0.1, -0.05) is 29.8 Å². The van der Waals surface area contributed by atoms with Crippen molar-refractivity contribution in [1.29, 1.82) is 0 Å². The zero-order chi connectivity index (χ0) is 21.5. The predicted octanol–water partition coefficient (Wildman–Crippen LogP) is 5.02. The lowest BCUT2D eigenvalue weighted by Crippen LogP contribution is -2.20. The Morgan fingerprint density at radius 1 is 0.900 bits per heavy atom. The molecule has 154 valence electrons. The van der Waals surface area contributed by atoms with E-state index in [1.807, 2.05) is 43.3 Å². The van der Waals surface area contributed by atoms with Crippen LogP contribution in [0, 0.1) is 6.92 Å². The van der Waals surface area contributed by atoms with Gasteiger partial charge in [-0.25, -0.2) is 0 Å². The molecular weight excluding hydrogens is 382 g/mol. The van der Waals surface area contributed by atoms with Crippen LogP contribution in [0.15, 0.2) is 66.7 Å². The molecule has 0 atom stereocenters. The lowest BCUT2D eigenvalue weighted by molar-refractivity contribution is -0.118. The number of ketones is 1. The van der Waals surface area contributed by atoms with Gasteiger partial charge in [0.2, 0.25) is 0 Å². The van der Waals surface area contributed by atoms with Gasteiger partial charge < -0.3 is 19.5 Å². The van der Waals surface area contributed by atoms with Crippen LogP contribution in [0.4, 0.5) is 5.69 Å². The molecule has 0 aliphatic rings. The highest BCUT2D eigenvalue weighted by molar-refractivity contribution is 5.95. The first-order chi connectivity index (χ1) is 14.5.